The van der Waals surface area contributed by atoms with Crippen molar-refractivity contribution in [2.45, 2.75) is 30.1 Å². The van der Waals surface area contributed by atoms with E-state index in [1.54, 1.807) is 0 Å². The monoisotopic (exact) mass is 363 g/mol. The lowest BCUT2D eigenvalue weighted by atomic mass is 10.2. The van der Waals surface area contributed by atoms with Gasteiger partial charge in [-0.15, -0.1) is 10.2 Å². The first-order valence-corrected chi connectivity index (χ1v) is 9.29. The number of urea groups is 1. The Bertz CT molecular complexity index is 728. The third-order valence-corrected chi connectivity index (χ3v) is 5.17. The van der Waals surface area contributed by atoms with Crippen molar-refractivity contribution in [2.24, 2.45) is 0 Å². The van der Waals surface area contributed by atoms with Gasteiger partial charge in [0.25, 0.3) is 0 Å². The summed E-state index contributed by atoms with van der Waals surface area (Å²) in [5, 5.41) is 16.9. The molecule has 24 heavy (non-hydrogen) atoms. The Kier molecular flexibility index (Phi) is 5.31. The second-order valence-corrected chi connectivity index (χ2v) is 7.65. The Morgan fingerprint density at radius 3 is 2.71 bits per heavy atom. The Hall–Kier alpha value is -2.13. The number of nitrogens with one attached hydrogen (secondary N) is 3. The summed E-state index contributed by atoms with van der Waals surface area (Å²) >= 11 is 2.61. The van der Waals surface area contributed by atoms with E-state index in [1.165, 1.54) is 28.7 Å². The van der Waals surface area contributed by atoms with Gasteiger partial charge in [0.05, 0.1) is 5.75 Å². The van der Waals surface area contributed by atoms with E-state index in [9.17, 15) is 9.59 Å². The molecule has 0 spiro atoms. The van der Waals surface area contributed by atoms with Crippen molar-refractivity contribution >= 4 is 45.9 Å². The van der Waals surface area contributed by atoms with Crippen LogP contribution in [0.25, 0.3) is 0 Å². The molecule has 7 nitrogen and oxygen atoms in total. The summed E-state index contributed by atoms with van der Waals surface area (Å²) in [5.74, 6) is -0.224. The highest BCUT2D eigenvalue weighted by atomic mass is 32.2. The fourth-order valence-corrected chi connectivity index (χ4v) is 3.39. The highest BCUT2D eigenvalue weighted by Crippen LogP contribution is 2.27. The molecule has 0 atom stereocenters. The predicted octanol–water partition coefficient (Wildman–Crippen LogP) is 2.67. The number of anilines is 2. The standard InChI is InChI=1S/C15H17N5O2S2/c1-9-2-4-11(5-3-9)17-14-19-20-15(24-14)23-8-12(21)18-13(22)16-10-6-7-10/h2-5,10H,6-8H2,1H3,(H,17,19)(H2,16,18,21,22). The van der Waals surface area contributed by atoms with Crippen LogP contribution in [0.15, 0.2) is 28.6 Å². The van der Waals surface area contributed by atoms with E-state index in [2.05, 4.69) is 26.1 Å². The lowest BCUT2D eigenvalue weighted by Crippen LogP contribution is -2.41. The number of benzene rings is 1. The minimum absolute atomic E-state index is 0.122. The van der Waals surface area contributed by atoms with Crippen molar-refractivity contribution in [1.29, 1.82) is 0 Å². The summed E-state index contributed by atoms with van der Waals surface area (Å²) in [6, 6.07) is 7.75. The van der Waals surface area contributed by atoms with Crippen molar-refractivity contribution in [1.82, 2.24) is 20.8 Å². The predicted molar refractivity (Wildman–Crippen MR) is 94.8 cm³/mol. The Morgan fingerprint density at radius 2 is 2.00 bits per heavy atom. The zero-order chi connectivity index (χ0) is 16.9. The number of rotatable bonds is 6. The third-order valence-electron chi connectivity index (χ3n) is 3.20. The summed E-state index contributed by atoms with van der Waals surface area (Å²) in [5.41, 5.74) is 2.12. The van der Waals surface area contributed by atoms with Gasteiger partial charge in [-0.1, -0.05) is 40.8 Å². The summed E-state index contributed by atoms with van der Waals surface area (Å²) in [6.45, 7) is 2.03. The van der Waals surface area contributed by atoms with Gasteiger partial charge in [0.1, 0.15) is 0 Å². The third kappa shape index (κ3) is 5.20. The van der Waals surface area contributed by atoms with Gasteiger partial charge in [0.2, 0.25) is 11.0 Å². The maximum absolute atomic E-state index is 11.7. The van der Waals surface area contributed by atoms with Crippen molar-refractivity contribution in [2.75, 3.05) is 11.1 Å². The van der Waals surface area contributed by atoms with Gasteiger partial charge in [-0.2, -0.15) is 0 Å². The van der Waals surface area contributed by atoms with E-state index in [0.29, 0.717) is 9.47 Å². The van der Waals surface area contributed by atoms with Crippen LogP contribution < -0.4 is 16.0 Å². The second kappa shape index (κ2) is 7.63. The molecular formula is C15H17N5O2S2. The highest BCUT2D eigenvalue weighted by Gasteiger charge is 2.23. The van der Waals surface area contributed by atoms with Crippen molar-refractivity contribution in [3.63, 3.8) is 0 Å². The topological polar surface area (TPSA) is 96.0 Å². The molecule has 1 aromatic carbocycles. The van der Waals surface area contributed by atoms with E-state index in [1.807, 2.05) is 31.2 Å². The highest BCUT2D eigenvalue weighted by molar-refractivity contribution is 8.01. The van der Waals surface area contributed by atoms with Crippen LogP contribution in [0.5, 0.6) is 0 Å². The first kappa shape index (κ1) is 16.7. The second-order valence-electron chi connectivity index (χ2n) is 5.45. The van der Waals surface area contributed by atoms with Crippen LogP contribution in [0.3, 0.4) is 0 Å². The molecule has 1 aliphatic carbocycles. The van der Waals surface area contributed by atoms with Crippen molar-refractivity contribution < 1.29 is 9.59 Å². The summed E-state index contributed by atoms with van der Waals surface area (Å²) in [4.78, 5) is 23.2. The molecule has 1 heterocycles. The molecule has 1 aromatic heterocycles. The smallest absolute Gasteiger partial charge is 0.321 e. The molecule has 0 unspecified atom stereocenters. The van der Waals surface area contributed by atoms with Gasteiger partial charge in [0, 0.05) is 11.7 Å². The molecule has 0 radical (unpaired) electrons. The lowest BCUT2D eigenvalue weighted by Gasteiger charge is -2.04. The van der Waals surface area contributed by atoms with Crippen LogP contribution in [-0.2, 0) is 4.79 Å². The molecule has 126 valence electrons. The normalized spacial score (nSPS) is 13.4. The van der Waals surface area contributed by atoms with Crippen LogP contribution in [0, 0.1) is 6.92 Å². The minimum atomic E-state index is -0.429. The van der Waals surface area contributed by atoms with E-state index >= 15 is 0 Å². The van der Waals surface area contributed by atoms with Crippen LogP contribution >= 0.6 is 23.1 Å². The maximum Gasteiger partial charge on any atom is 0.321 e. The van der Waals surface area contributed by atoms with Crippen LogP contribution in [0.4, 0.5) is 15.6 Å². The zero-order valence-electron chi connectivity index (χ0n) is 13.0. The van der Waals surface area contributed by atoms with Gasteiger partial charge in [-0.05, 0) is 31.9 Å². The molecule has 3 amide bonds. The van der Waals surface area contributed by atoms with Crippen molar-refractivity contribution in [3.8, 4) is 0 Å². The molecule has 3 N–H and O–H groups in total. The first-order valence-electron chi connectivity index (χ1n) is 7.49. The number of amides is 3. The number of hydrogen-bond donors (Lipinski definition) is 3. The van der Waals surface area contributed by atoms with Gasteiger partial charge < -0.3 is 10.6 Å². The van der Waals surface area contributed by atoms with Crippen LogP contribution in [0.1, 0.15) is 18.4 Å². The summed E-state index contributed by atoms with van der Waals surface area (Å²) in [7, 11) is 0. The first-order chi connectivity index (χ1) is 11.6. The van der Waals surface area contributed by atoms with Gasteiger partial charge in [0.15, 0.2) is 4.34 Å². The molecule has 2 aromatic rings. The number of thioether (sulfide) groups is 1. The summed E-state index contributed by atoms with van der Waals surface area (Å²) in [6.07, 6.45) is 1.97. The van der Waals surface area contributed by atoms with E-state index in [0.717, 1.165) is 18.5 Å². The number of aromatic nitrogens is 2. The largest absolute Gasteiger partial charge is 0.335 e. The average molecular weight is 363 g/mol. The number of nitrogens with zero attached hydrogens (tertiary/aromatic N) is 2. The molecule has 9 heteroatoms. The maximum atomic E-state index is 11.7. The number of carbonyl (C=O) groups is 2. The van der Waals surface area contributed by atoms with E-state index < -0.39 is 6.03 Å². The number of hydrogen-bond acceptors (Lipinski definition) is 7. The van der Waals surface area contributed by atoms with Crippen LogP contribution in [-0.4, -0.2) is 33.9 Å². The fourth-order valence-electron chi connectivity index (χ4n) is 1.82. The number of carbonyl (C=O) groups excluding carboxylic acids is 2. The van der Waals surface area contributed by atoms with Gasteiger partial charge >= 0.3 is 6.03 Å². The number of imide groups is 1. The fraction of sp³-hybridized carbons (Fsp3) is 0.333. The minimum Gasteiger partial charge on any atom is -0.335 e. The van der Waals surface area contributed by atoms with E-state index in [4.69, 9.17) is 0 Å². The molecule has 1 fully saturated rings. The Labute approximate surface area is 147 Å². The lowest BCUT2D eigenvalue weighted by molar-refractivity contribution is -0.117. The Balaban J connectivity index is 1.44. The summed E-state index contributed by atoms with van der Waals surface area (Å²) < 4.78 is 0.669. The molecule has 3 rings (SSSR count). The Morgan fingerprint density at radius 1 is 1.25 bits per heavy atom. The van der Waals surface area contributed by atoms with Gasteiger partial charge in [-0.25, -0.2) is 4.79 Å². The molecule has 0 bridgehead atoms. The molecular weight excluding hydrogens is 346 g/mol. The quantitative estimate of drug-likeness (QED) is 0.683. The molecule has 1 saturated carbocycles. The van der Waals surface area contributed by atoms with E-state index in [-0.39, 0.29) is 17.7 Å². The zero-order valence-corrected chi connectivity index (χ0v) is 14.7. The molecule has 0 saturated heterocycles. The number of aryl methyl sites for hydroxylation is 1. The van der Waals surface area contributed by atoms with Crippen LogP contribution in [0.2, 0.25) is 0 Å². The van der Waals surface area contributed by atoms with Gasteiger partial charge in [-0.3, -0.25) is 10.1 Å². The van der Waals surface area contributed by atoms with Crippen molar-refractivity contribution in [3.05, 3.63) is 29.8 Å². The SMILES string of the molecule is Cc1ccc(Nc2nnc(SCC(=O)NC(=O)NC3CC3)s2)cc1. The molecule has 1 aliphatic rings. The average Bonchev–Trinajstić information content (AvgIpc) is 3.24. The molecule has 0 aliphatic heterocycles.